The summed E-state index contributed by atoms with van der Waals surface area (Å²) in [5, 5.41) is 8.90. The van der Waals surface area contributed by atoms with E-state index in [1.807, 2.05) is 30.3 Å². The minimum atomic E-state index is 0.348. The van der Waals surface area contributed by atoms with E-state index in [2.05, 4.69) is 10.4 Å². The van der Waals surface area contributed by atoms with Crippen LogP contribution in [-0.2, 0) is 0 Å². The molecule has 0 fully saturated rings. The molecule has 0 saturated heterocycles. The molecule has 0 atom stereocenters. The van der Waals surface area contributed by atoms with Crippen molar-refractivity contribution in [3.05, 3.63) is 42.0 Å². The largest absolute Gasteiger partial charge is 0.496 e. The molecular formula is C13H12N4O. The first-order chi connectivity index (χ1) is 8.80. The van der Waals surface area contributed by atoms with Gasteiger partial charge in [-0.05, 0) is 24.3 Å². The Kier molecular flexibility index (Phi) is 3.41. The molecule has 1 aromatic carbocycles. The standard InChI is InChI=1S/C13H12N4O/c1-18-12-5-3-2-4-10(12)11-7-6-9(8-14)13(16-11)17-15/h2-7H,15H2,1H3,(H,16,17). The summed E-state index contributed by atoms with van der Waals surface area (Å²) in [4.78, 5) is 4.30. The molecule has 1 heterocycles. The minimum absolute atomic E-state index is 0.348. The Morgan fingerprint density at radius 1 is 1.28 bits per heavy atom. The third kappa shape index (κ3) is 2.10. The molecule has 18 heavy (non-hydrogen) atoms. The van der Waals surface area contributed by atoms with Crippen LogP contribution < -0.4 is 16.0 Å². The predicted octanol–water partition coefficient (Wildman–Crippen LogP) is 1.91. The first-order valence-electron chi connectivity index (χ1n) is 5.31. The van der Waals surface area contributed by atoms with E-state index in [1.54, 1.807) is 19.2 Å². The first-order valence-corrected chi connectivity index (χ1v) is 5.31. The lowest BCUT2D eigenvalue weighted by molar-refractivity contribution is 0.416. The number of methoxy groups -OCH3 is 1. The summed E-state index contributed by atoms with van der Waals surface area (Å²) in [7, 11) is 1.60. The second-order valence-electron chi connectivity index (χ2n) is 3.55. The molecule has 0 aliphatic rings. The third-order valence-corrected chi connectivity index (χ3v) is 2.54. The number of para-hydroxylation sites is 1. The molecule has 0 saturated carbocycles. The van der Waals surface area contributed by atoms with E-state index >= 15 is 0 Å². The maximum atomic E-state index is 8.90. The molecule has 0 spiro atoms. The minimum Gasteiger partial charge on any atom is -0.496 e. The van der Waals surface area contributed by atoms with Gasteiger partial charge in [0, 0.05) is 5.56 Å². The zero-order valence-electron chi connectivity index (χ0n) is 9.84. The predicted molar refractivity (Wildman–Crippen MR) is 68.8 cm³/mol. The average molecular weight is 240 g/mol. The first kappa shape index (κ1) is 11.9. The normalized spacial score (nSPS) is 9.61. The fourth-order valence-electron chi connectivity index (χ4n) is 1.67. The van der Waals surface area contributed by atoms with Crippen LogP contribution in [0.5, 0.6) is 5.75 Å². The highest BCUT2D eigenvalue weighted by Crippen LogP contribution is 2.29. The van der Waals surface area contributed by atoms with Gasteiger partial charge >= 0.3 is 0 Å². The number of nitrogens with one attached hydrogen (secondary N) is 1. The number of hydrazine groups is 1. The Morgan fingerprint density at radius 3 is 2.72 bits per heavy atom. The van der Waals surface area contributed by atoms with Crippen molar-refractivity contribution in [3.63, 3.8) is 0 Å². The van der Waals surface area contributed by atoms with Crippen molar-refractivity contribution in [2.45, 2.75) is 0 Å². The Bertz CT molecular complexity index is 604. The number of hydrogen-bond donors (Lipinski definition) is 2. The number of hydrogen-bond acceptors (Lipinski definition) is 5. The summed E-state index contributed by atoms with van der Waals surface area (Å²) in [5.74, 6) is 6.42. The highest BCUT2D eigenvalue weighted by molar-refractivity contribution is 5.70. The lowest BCUT2D eigenvalue weighted by atomic mass is 10.1. The van der Waals surface area contributed by atoms with Gasteiger partial charge in [-0.3, -0.25) is 0 Å². The molecule has 2 aromatic rings. The quantitative estimate of drug-likeness (QED) is 0.632. The van der Waals surface area contributed by atoms with Crippen LogP contribution in [0, 0.1) is 11.3 Å². The summed E-state index contributed by atoms with van der Waals surface area (Å²) in [5.41, 5.74) is 4.36. The van der Waals surface area contributed by atoms with Crippen LogP contribution in [0.2, 0.25) is 0 Å². The van der Waals surface area contributed by atoms with Gasteiger partial charge < -0.3 is 10.2 Å². The van der Waals surface area contributed by atoms with Gasteiger partial charge in [-0.2, -0.15) is 5.26 Å². The second-order valence-corrected chi connectivity index (χ2v) is 3.55. The number of aromatic nitrogens is 1. The lowest BCUT2D eigenvalue weighted by Crippen LogP contribution is -2.10. The molecule has 0 bridgehead atoms. The second kappa shape index (κ2) is 5.17. The van der Waals surface area contributed by atoms with E-state index < -0.39 is 0 Å². The van der Waals surface area contributed by atoms with Crippen molar-refractivity contribution >= 4 is 5.82 Å². The summed E-state index contributed by atoms with van der Waals surface area (Å²) < 4.78 is 5.27. The van der Waals surface area contributed by atoms with Gasteiger partial charge in [-0.15, -0.1) is 0 Å². The number of anilines is 1. The van der Waals surface area contributed by atoms with Crippen LogP contribution in [-0.4, -0.2) is 12.1 Å². The highest BCUT2D eigenvalue weighted by atomic mass is 16.5. The van der Waals surface area contributed by atoms with Gasteiger partial charge in [0.25, 0.3) is 0 Å². The number of nitrogens with two attached hydrogens (primary N) is 1. The molecule has 90 valence electrons. The van der Waals surface area contributed by atoms with Crippen molar-refractivity contribution in [1.29, 1.82) is 5.26 Å². The molecule has 0 unspecified atom stereocenters. The maximum absolute atomic E-state index is 8.90. The molecule has 0 radical (unpaired) electrons. The Labute approximate surface area is 105 Å². The number of pyridine rings is 1. The molecule has 1 aromatic heterocycles. The van der Waals surface area contributed by atoms with Crippen molar-refractivity contribution in [2.24, 2.45) is 5.84 Å². The number of benzene rings is 1. The smallest absolute Gasteiger partial charge is 0.158 e. The topological polar surface area (TPSA) is 84.0 Å². The zero-order valence-corrected chi connectivity index (χ0v) is 9.84. The van der Waals surface area contributed by atoms with Crippen LogP contribution in [0.25, 0.3) is 11.3 Å². The highest BCUT2D eigenvalue weighted by Gasteiger charge is 2.09. The van der Waals surface area contributed by atoms with Crippen LogP contribution in [0.1, 0.15) is 5.56 Å². The summed E-state index contributed by atoms with van der Waals surface area (Å²) in [6.07, 6.45) is 0. The van der Waals surface area contributed by atoms with E-state index in [9.17, 15) is 0 Å². The monoisotopic (exact) mass is 240 g/mol. The Morgan fingerprint density at radius 2 is 2.06 bits per heavy atom. The van der Waals surface area contributed by atoms with Gasteiger partial charge in [-0.1, -0.05) is 12.1 Å². The van der Waals surface area contributed by atoms with Gasteiger partial charge in [0.15, 0.2) is 5.82 Å². The van der Waals surface area contributed by atoms with Gasteiger partial charge in [0.2, 0.25) is 0 Å². The van der Waals surface area contributed by atoms with Crippen LogP contribution in [0.15, 0.2) is 36.4 Å². The number of rotatable bonds is 3. The van der Waals surface area contributed by atoms with Crippen molar-refractivity contribution in [3.8, 4) is 23.1 Å². The van der Waals surface area contributed by atoms with Crippen LogP contribution >= 0.6 is 0 Å². The van der Waals surface area contributed by atoms with E-state index in [0.29, 0.717) is 17.1 Å². The van der Waals surface area contributed by atoms with E-state index in [0.717, 1.165) is 11.3 Å². The summed E-state index contributed by atoms with van der Waals surface area (Å²) >= 11 is 0. The Hall–Kier alpha value is -2.58. The molecule has 0 amide bonds. The fourth-order valence-corrected chi connectivity index (χ4v) is 1.67. The molecular weight excluding hydrogens is 228 g/mol. The van der Waals surface area contributed by atoms with Gasteiger partial charge in [-0.25, -0.2) is 10.8 Å². The molecule has 5 heteroatoms. The Balaban J connectivity index is 2.55. The van der Waals surface area contributed by atoms with E-state index in [1.165, 1.54) is 0 Å². The number of ether oxygens (including phenoxy) is 1. The van der Waals surface area contributed by atoms with E-state index in [-0.39, 0.29) is 0 Å². The molecule has 0 aliphatic heterocycles. The number of nitrogen functional groups attached to an aromatic ring is 1. The molecule has 2 rings (SSSR count). The van der Waals surface area contributed by atoms with Crippen LogP contribution in [0.4, 0.5) is 5.82 Å². The SMILES string of the molecule is COc1ccccc1-c1ccc(C#N)c(NN)n1. The van der Waals surface area contributed by atoms with E-state index in [4.69, 9.17) is 15.8 Å². The van der Waals surface area contributed by atoms with Crippen molar-refractivity contribution in [1.82, 2.24) is 4.98 Å². The van der Waals surface area contributed by atoms with Crippen molar-refractivity contribution in [2.75, 3.05) is 12.5 Å². The maximum Gasteiger partial charge on any atom is 0.158 e. The third-order valence-electron chi connectivity index (χ3n) is 2.54. The van der Waals surface area contributed by atoms with Crippen molar-refractivity contribution < 1.29 is 4.74 Å². The molecule has 3 N–H and O–H groups in total. The lowest BCUT2D eigenvalue weighted by Gasteiger charge is -2.09. The molecule has 5 nitrogen and oxygen atoms in total. The fraction of sp³-hybridized carbons (Fsp3) is 0.0769. The van der Waals surface area contributed by atoms with Gasteiger partial charge in [0.1, 0.15) is 11.8 Å². The number of nitrogens with zero attached hydrogens (tertiary/aromatic N) is 2. The zero-order chi connectivity index (χ0) is 13.0. The summed E-state index contributed by atoms with van der Waals surface area (Å²) in [6.45, 7) is 0. The number of nitriles is 1. The van der Waals surface area contributed by atoms with Crippen LogP contribution in [0.3, 0.4) is 0 Å². The summed E-state index contributed by atoms with van der Waals surface area (Å²) in [6, 6.07) is 13.0. The average Bonchev–Trinajstić information content (AvgIpc) is 2.46. The van der Waals surface area contributed by atoms with Gasteiger partial charge in [0.05, 0.1) is 18.4 Å². The molecule has 0 aliphatic carbocycles.